The Morgan fingerprint density at radius 1 is 1.09 bits per heavy atom. The summed E-state index contributed by atoms with van der Waals surface area (Å²) in [4.78, 5) is 12.5. The molecule has 1 amide bonds. The van der Waals surface area contributed by atoms with Gasteiger partial charge in [-0.1, -0.05) is 24.3 Å². The number of benzene rings is 2. The van der Waals surface area contributed by atoms with Crippen LogP contribution in [0.2, 0.25) is 0 Å². The first-order valence-electron chi connectivity index (χ1n) is 10.4. The van der Waals surface area contributed by atoms with Crippen LogP contribution in [-0.4, -0.2) is 15.7 Å². The number of carbonyl (C=O) groups excluding carboxylic acids is 1. The van der Waals surface area contributed by atoms with Crippen molar-refractivity contribution in [2.45, 2.75) is 19.6 Å². The van der Waals surface area contributed by atoms with Crippen LogP contribution in [0.3, 0.4) is 0 Å². The summed E-state index contributed by atoms with van der Waals surface area (Å²) in [7, 11) is 0. The van der Waals surface area contributed by atoms with Gasteiger partial charge < -0.3 is 14.5 Å². The Labute approximate surface area is 197 Å². The van der Waals surface area contributed by atoms with Crippen LogP contribution in [0.1, 0.15) is 27.4 Å². The van der Waals surface area contributed by atoms with Crippen LogP contribution in [0, 0.1) is 23.3 Å². The maximum absolute atomic E-state index is 13.9. The average Bonchev–Trinajstić information content (AvgIpc) is 3.50. The average molecular weight is 485 g/mol. The Hall–Kier alpha value is -4.34. The minimum Gasteiger partial charge on any atom is -0.485 e. The highest BCUT2D eigenvalue weighted by molar-refractivity contribution is 6.01. The number of para-hydroxylation sites is 1. The number of hydrogen-bond donors (Lipinski definition) is 1. The molecule has 0 aliphatic carbocycles. The molecule has 0 bridgehead atoms. The number of furan rings is 1. The Kier molecular flexibility index (Phi) is 7.00. The van der Waals surface area contributed by atoms with Crippen molar-refractivity contribution in [1.82, 2.24) is 9.78 Å². The SMILES string of the molecule is C=CCc1ccccc1OCc1ccc(C(=O)Nc2ccn(Cc3c(F)c(F)cc(F)c3F)n2)o1. The van der Waals surface area contributed by atoms with Crippen molar-refractivity contribution in [2.24, 2.45) is 0 Å². The first-order chi connectivity index (χ1) is 16.9. The molecule has 2 aromatic carbocycles. The van der Waals surface area contributed by atoms with Gasteiger partial charge in [-0.3, -0.25) is 9.48 Å². The number of allylic oxidation sites excluding steroid dienone is 1. The molecule has 6 nitrogen and oxygen atoms in total. The number of aromatic nitrogens is 2. The van der Waals surface area contributed by atoms with E-state index in [1.54, 1.807) is 12.1 Å². The van der Waals surface area contributed by atoms with E-state index in [0.29, 0.717) is 17.9 Å². The van der Waals surface area contributed by atoms with Crippen LogP contribution >= 0.6 is 0 Å². The van der Waals surface area contributed by atoms with Gasteiger partial charge in [-0.25, -0.2) is 17.6 Å². The summed E-state index contributed by atoms with van der Waals surface area (Å²) in [5.41, 5.74) is 0.136. The van der Waals surface area contributed by atoms with E-state index in [9.17, 15) is 22.4 Å². The lowest BCUT2D eigenvalue weighted by atomic mass is 10.1. The lowest BCUT2D eigenvalue weighted by Crippen LogP contribution is -2.13. The number of nitrogens with one attached hydrogen (secondary N) is 1. The predicted octanol–water partition coefficient (Wildman–Crippen LogP) is 5.64. The molecule has 0 fully saturated rings. The quantitative estimate of drug-likeness (QED) is 0.189. The third-order valence-corrected chi connectivity index (χ3v) is 5.00. The summed E-state index contributed by atoms with van der Waals surface area (Å²) in [5, 5.41) is 6.43. The van der Waals surface area contributed by atoms with Crippen molar-refractivity contribution in [2.75, 3.05) is 5.32 Å². The summed E-state index contributed by atoms with van der Waals surface area (Å²) in [5.74, 6) is -5.56. The summed E-state index contributed by atoms with van der Waals surface area (Å²) in [6.07, 6.45) is 3.70. The standard InChI is InChI=1S/C25H19F4N3O3/c1-2-5-15-6-3-4-7-20(15)34-14-16-8-9-21(35-16)25(33)30-22-10-11-32(31-22)13-17-23(28)18(26)12-19(27)24(17)29/h2-4,6-12H,1,5,13-14H2,(H,30,31,33). The first kappa shape index (κ1) is 23.8. The van der Waals surface area contributed by atoms with E-state index < -0.39 is 41.3 Å². The minimum atomic E-state index is -1.51. The third-order valence-electron chi connectivity index (χ3n) is 5.00. The third kappa shape index (κ3) is 5.43. The normalized spacial score (nSPS) is 10.9. The number of halogens is 4. The summed E-state index contributed by atoms with van der Waals surface area (Å²) >= 11 is 0. The maximum Gasteiger partial charge on any atom is 0.292 e. The van der Waals surface area contributed by atoms with E-state index in [1.807, 2.05) is 24.3 Å². The number of amides is 1. The molecule has 0 aliphatic rings. The number of rotatable bonds is 9. The van der Waals surface area contributed by atoms with Crippen molar-refractivity contribution in [1.29, 1.82) is 0 Å². The van der Waals surface area contributed by atoms with Gasteiger partial charge in [0.2, 0.25) is 0 Å². The van der Waals surface area contributed by atoms with Crippen LogP contribution in [0.5, 0.6) is 5.75 Å². The Morgan fingerprint density at radius 2 is 1.83 bits per heavy atom. The molecule has 0 aliphatic heterocycles. The van der Waals surface area contributed by atoms with Crippen molar-refractivity contribution in [3.8, 4) is 5.75 Å². The zero-order chi connectivity index (χ0) is 24.9. The molecular formula is C25H19F4N3O3. The molecule has 0 saturated heterocycles. The first-order valence-corrected chi connectivity index (χ1v) is 10.4. The summed E-state index contributed by atoms with van der Waals surface area (Å²) in [6, 6.07) is 12.0. The Morgan fingerprint density at radius 3 is 2.57 bits per heavy atom. The van der Waals surface area contributed by atoms with Crippen LogP contribution in [0.15, 0.2) is 71.8 Å². The topological polar surface area (TPSA) is 69.3 Å². The maximum atomic E-state index is 13.9. The number of anilines is 1. The molecule has 0 spiro atoms. The van der Waals surface area contributed by atoms with Crippen molar-refractivity contribution < 1.29 is 31.5 Å². The van der Waals surface area contributed by atoms with Gasteiger partial charge in [0.25, 0.3) is 5.91 Å². The molecule has 1 N–H and O–H groups in total. The fourth-order valence-corrected chi connectivity index (χ4v) is 3.31. The van der Waals surface area contributed by atoms with Gasteiger partial charge in [-0.2, -0.15) is 5.10 Å². The van der Waals surface area contributed by atoms with Crippen LogP contribution in [-0.2, 0) is 19.6 Å². The van der Waals surface area contributed by atoms with Crippen LogP contribution in [0.25, 0.3) is 0 Å². The van der Waals surface area contributed by atoms with Gasteiger partial charge in [-0.05, 0) is 30.2 Å². The summed E-state index contributed by atoms with van der Waals surface area (Å²) in [6.45, 7) is 3.23. The molecule has 10 heteroatoms. The lowest BCUT2D eigenvalue weighted by molar-refractivity contribution is 0.0992. The summed E-state index contributed by atoms with van der Waals surface area (Å²) < 4.78 is 66.9. The van der Waals surface area contributed by atoms with Crippen molar-refractivity contribution in [3.63, 3.8) is 0 Å². The molecule has 4 aromatic rings. The number of ether oxygens (including phenoxy) is 1. The largest absolute Gasteiger partial charge is 0.485 e. The second-order valence-electron chi connectivity index (χ2n) is 7.45. The van der Waals surface area contributed by atoms with E-state index in [1.165, 1.54) is 18.3 Å². The Bertz CT molecular complexity index is 1350. The van der Waals surface area contributed by atoms with Crippen LogP contribution < -0.4 is 10.1 Å². The van der Waals surface area contributed by atoms with E-state index >= 15 is 0 Å². The second kappa shape index (κ2) is 10.3. The van der Waals surface area contributed by atoms with E-state index in [4.69, 9.17) is 9.15 Å². The smallest absolute Gasteiger partial charge is 0.292 e. The highest BCUT2D eigenvalue weighted by Crippen LogP contribution is 2.22. The molecule has 0 atom stereocenters. The zero-order valence-corrected chi connectivity index (χ0v) is 18.2. The predicted molar refractivity (Wildman–Crippen MR) is 119 cm³/mol. The van der Waals surface area contributed by atoms with E-state index in [-0.39, 0.29) is 24.3 Å². The molecular weight excluding hydrogens is 466 g/mol. The fraction of sp³-hybridized carbons (Fsp3) is 0.120. The van der Waals surface area contributed by atoms with Crippen molar-refractivity contribution in [3.05, 3.63) is 113 Å². The Balaban J connectivity index is 1.38. The number of nitrogens with zero attached hydrogens (tertiary/aromatic N) is 2. The van der Waals surface area contributed by atoms with Gasteiger partial charge in [0, 0.05) is 18.3 Å². The molecule has 0 unspecified atom stereocenters. The monoisotopic (exact) mass is 485 g/mol. The van der Waals surface area contributed by atoms with E-state index in [2.05, 4.69) is 17.0 Å². The molecule has 2 heterocycles. The molecule has 4 rings (SSSR count). The molecule has 2 aromatic heterocycles. The number of hydrogen-bond acceptors (Lipinski definition) is 4. The molecule has 180 valence electrons. The van der Waals surface area contributed by atoms with Gasteiger partial charge in [0.05, 0.1) is 12.1 Å². The van der Waals surface area contributed by atoms with Crippen LogP contribution in [0.4, 0.5) is 23.4 Å². The molecule has 0 saturated carbocycles. The van der Waals surface area contributed by atoms with Gasteiger partial charge in [0.1, 0.15) is 18.1 Å². The minimum absolute atomic E-state index is 0.0122. The fourth-order valence-electron chi connectivity index (χ4n) is 3.31. The molecule has 0 radical (unpaired) electrons. The number of carbonyl (C=O) groups is 1. The van der Waals surface area contributed by atoms with Crippen molar-refractivity contribution >= 4 is 11.7 Å². The lowest BCUT2D eigenvalue weighted by Gasteiger charge is -2.08. The van der Waals surface area contributed by atoms with Gasteiger partial charge >= 0.3 is 0 Å². The van der Waals surface area contributed by atoms with Gasteiger partial charge in [-0.15, -0.1) is 6.58 Å². The van der Waals surface area contributed by atoms with E-state index in [0.717, 1.165) is 10.2 Å². The highest BCUT2D eigenvalue weighted by Gasteiger charge is 2.20. The van der Waals surface area contributed by atoms with Gasteiger partial charge in [0.15, 0.2) is 34.8 Å². The molecule has 35 heavy (non-hydrogen) atoms. The zero-order valence-electron chi connectivity index (χ0n) is 18.2. The second-order valence-corrected chi connectivity index (χ2v) is 7.45. The highest BCUT2D eigenvalue weighted by atomic mass is 19.2.